The zero-order valence-electron chi connectivity index (χ0n) is 7.69. The first kappa shape index (κ1) is 9.92. The molecule has 0 aliphatic heterocycles. The summed E-state index contributed by atoms with van der Waals surface area (Å²) in [5.41, 5.74) is 0.147. The smallest absolute Gasteiger partial charge is 0.105 e. The van der Waals surface area contributed by atoms with E-state index in [2.05, 4.69) is 26.1 Å². The molecule has 0 aromatic carbocycles. The molecule has 1 atom stereocenters. The second kappa shape index (κ2) is 3.94. The van der Waals surface area contributed by atoms with Gasteiger partial charge in [-0.25, -0.2) is 0 Å². The summed E-state index contributed by atoms with van der Waals surface area (Å²) in [6.07, 6.45) is 0.157. The Labute approximate surface area is 64.0 Å². The first-order valence-electron chi connectivity index (χ1n) is 3.85. The van der Waals surface area contributed by atoms with Crippen LogP contribution in [0.25, 0.3) is 0 Å². The summed E-state index contributed by atoms with van der Waals surface area (Å²) in [6, 6.07) is 0. The minimum atomic E-state index is 0.147. The van der Waals surface area contributed by atoms with Gasteiger partial charge >= 0.3 is 0 Å². The van der Waals surface area contributed by atoms with Gasteiger partial charge in [-0.3, -0.25) is 5.32 Å². The Bertz CT molecular complexity index is 85.7. The van der Waals surface area contributed by atoms with Gasteiger partial charge in [0.2, 0.25) is 0 Å². The van der Waals surface area contributed by atoms with E-state index in [0.717, 1.165) is 6.61 Å². The molecule has 10 heavy (non-hydrogen) atoms. The molecule has 0 spiro atoms. The van der Waals surface area contributed by atoms with Crippen molar-refractivity contribution in [1.29, 1.82) is 0 Å². The van der Waals surface area contributed by atoms with Gasteiger partial charge in [-0.05, 0) is 34.6 Å². The van der Waals surface area contributed by atoms with E-state index in [-0.39, 0.29) is 11.8 Å². The fourth-order valence-electron chi connectivity index (χ4n) is 0.901. The van der Waals surface area contributed by atoms with Crippen molar-refractivity contribution in [3.05, 3.63) is 0 Å². The molecular formula is C8H19NO. The lowest BCUT2D eigenvalue weighted by atomic mass is 10.1. The lowest BCUT2D eigenvalue weighted by Crippen LogP contribution is -2.43. The molecule has 0 aliphatic carbocycles. The largest absolute Gasteiger partial charge is 0.364 e. The molecule has 0 aliphatic rings. The van der Waals surface area contributed by atoms with E-state index in [0.29, 0.717) is 0 Å². The quantitative estimate of drug-likeness (QED) is 0.611. The van der Waals surface area contributed by atoms with Crippen molar-refractivity contribution in [2.45, 2.75) is 46.4 Å². The first-order chi connectivity index (χ1) is 4.45. The molecular weight excluding hydrogens is 126 g/mol. The Morgan fingerprint density at radius 3 is 2.20 bits per heavy atom. The molecule has 0 saturated heterocycles. The topological polar surface area (TPSA) is 21.3 Å². The highest BCUT2D eigenvalue weighted by Crippen LogP contribution is 2.01. The van der Waals surface area contributed by atoms with Crippen LogP contribution in [0, 0.1) is 0 Å². The summed E-state index contributed by atoms with van der Waals surface area (Å²) in [6.45, 7) is 11.2. The predicted octanol–water partition coefficient (Wildman–Crippen LogP) is 1.76. The van der Waals surface area contributed by atoms with E-state index in [1.54, 1.807) is 0 Å². The molecule has 0 amide bonds. The average molecular weight is 145 g/mol. The van der Waals surface area contributed by atoms with Crippen molar-refractivity contribution < 1.29 is 4.74 Å². The third kappa shape index (κ3) is 6.05. The van der Waals surface area contributed by atoms with E-state index in [9.17, 15) is 0 Å². The highest BCUT2D eigenvalue weighted by atomic mass is 16.5. The third-order valence-electron chi connectivity index (χ3n) is 1.05. The highest BCUT2D eigenvalue weighted by Gasteiger charge is 2.12. The molecule has 0 aromatic heterocycles. The molecule has 0 heterocycles. The minimum Gasteiger partial charge on any atom is -0.364 e. The summed E-state index contributed by atoms with van der Waals surface area (Å²) in [5.74, 6) is 0. The van der Waals surface area contributed by atoms with E-state index in [1.165, 1.54) is 0 Å². The van der Waals surface area contributed by atoms with E-state index in [4.69, 9.17) is 4.74 Å². The SMILES string of the molecule is CCOC(C)NC(C)(C)C. The molecule has 0 bridgehead atoms. The van der Waals surface area contributed by atoms with Crippen LogP contribution in [-0.4, -0.2) is 18.4 Å². The van der Waals surface area contributed by atoms with Gasteiger partial charge in [0.05, 0.1) is 0 Å². The van der Waals surface area contributed by atoms with Gasteiger partial charge in [0.1, 0.15) is 6.23 Å². The molecule has 0 saturated carbocycles. The Balaban J connectivity index is 3.47. The highest BCUT2D eigenvalue weighted by molar-refractivity contribution is 4.70. The molecule has 0 radical (unpaired) electrons. The van der Waals surface area contributed by atoms with Gasteiger partial charge in [0, 0.05) is 12.1 Å². The van der Waals surface area contributed by atoms with Crippen LogP contribution in [-0.2, 0) is 4.74 Å². The lowest BCUT2D eigenvalue weighted by Gasteiger charge is -2.25. The summed E-state index contributed by atoms with van der Waals surface area (Å²) in [7, 11) is 0. The van der Waals surface area contributed by atoms with E-state index in [1.807, 2.05) is 13.8 Å². The van der Waals surface area contributed by atoms with Crippen molar-refractivity contribution in [2.75, 3.05) is 6.61 Å². The summed E-state index contributed by atoms with van der Waals surface area (Å²) in [4.78, 5) is 0. The van der Waals surface area contributed by atoms with Gasteiger partial charge < -0.3 is 4.74 Å². The standard InChI is InChI=1S/C8H19NO/c1-6-10-7(2)9-8(3,4)5/h7,9H,6H2,1-5H3. The van der Waals surface area contributed by atoms with E-state index >= 15 is 0 Å². The Kier molecular flexibility index (Phi) is 3.91. The molecule has 1 unspecified atom stereocenters. The Hall–Kier alpha value is -0.0800. The van der Waals surface area contributed by atoms with Gasteiger partial charge in [0.25, 0.3) is 0 Å². The van der Waals surface area contributed by atoms with Gasteiger partial charge in [0.15, 0.2) is 0 Å². The Morgan fingerprint density at radius 2 is 1.90 bits per heavy atom. The third-order valence-corrected chi connectivity index (χ3v) is 1.05. The summed E-state index contributed by atoms with van der Waals surface area (Å²) >= 11 is 0. The van der Waals surface area contributed by atoms with Crippen molar-refractivity contribution >= 4 is 0 Å². The maximum Gasteiger partial charge on any atom is 0.105 e. The number of nitrogens with one attached hydrogen (secondary N) is 1. The van der Waals surface area contributed by atoms with E-state index < -0.39 is 0 Å². The number of rotatable bonds is 3. The molecule has 0 rings (SSSR count). The first-order valence-corrected chi connectivity index (χ1v) is 3.85. The molecule has 0 fully saturated rings. The van der Waals surface area contributed by atoms with Crippen LogP contribution in [0.4, 0.5) is 0 Å². The number of hydrogen-bond acceptors (Lipinski definition) is 2. The predicted molar refractivity (Wildman–Crippen MR) is 44.0 cm³/mol. The molecule has 2 nitrogen and oxygen atoms in total. The summed E-state index contributed by atoms with van der Waals surface area (Å²) < 4.78 is 5.31. The summed E-state index contributed by atoms with van der Waals surface area (Å²) in [5, 5.41) is 3.30. The zero-order valence-corrected chi connectivity index (χ0v) is 7.69. The van der Waals surface area contributed by atoms with Crippen LogP contribution in [0.15, 0.2) is 0 Å². The number of ether oxygens (including phenoxy) is 1. The van der Waals surface area contributed by atoms with Crippen LogP contribution in [0.1, 0.15) is 34.6 Å². The zero-order chi connectivity index (χ0) is 8.20. The monoisotopic (exact) mass is 145 g/mol. The van der Waals surface area contributed by atoms with Crippen LogP contribution in [0.2, 0.25) is 0 Å². The average Bonchev–Trinajstić information content (AvgIpc) is 1.59. The molecule has 0 aromatic rings. The van der Waals surface area contributed by atoms with Gasteiger partial charge in [-0.2, -0.15) is 0 Å². The molecule has 2 heteroatoms. The van der Waals surface area contributed by atoms with Crippen LogP contribution < -0.4 is 5.32 Å². The fourth-order valence-corrected chi connectivity index (χ4v) is 0.901. The van der Waals surface area contributed by atoms with Crippen molar-refractivity contribution in [1.82, 2.24) is 5.32 Å². The van der Waals surface area contributed by atoms with Crippen molar-refractivity contribution in [3.8, 4) is 0 Å². The van der Waals surface area contributed by atoms with Crippen LogP contribution >= 0.6 is 0 Å². The molecule has 1 N–H and O–H groups in total. The number of hydrogen-bond donors (Lipinski definition) is 1. The maximum atomic E-state index is 5.31. The van der Waals surface area contributed by atoms with Gasteiger partial charge in [-0.1, -0.05) is 0 Å². The van der Waals surface area contributed by atoms with Crippen LogP contribution in [0.5, 0.6) is 0 Å². The lowest BCUT2D eigenvalue weighted by molar-refractivity contribution is 0.0338. The molecule has 62 valence electrons. The second-order valence-electron chi connectivity index (χ2n) is 3.49. The van der Waals surface area contributed by atoms with Gasteiger partial charge in [-0.15, -0.1) is 0 Å². The second-order valence-corrected chi connectivity index (χ2v) is 3.49. The van der Waals surface area contributed by atoms with Crippen molar-refractivity contribution in [3.63, 3.8) is 0 Å². The Morgan fingerprint density at radius 1 is 1.40 bits per heavy atom. The minimum absolute atomic E-state index is 0.147. The maximum absolute atomic E-state index is 5.31. The fraction of sp³-hybridized carbons (Fsp3) is 1.00. The van der Waals surface area contributed by atoms with Crippen LogP contribution in [0.3, 0.4) is 0 Å². The normalized spacial score (nSPS) is 15.3. The van der Waals surface area contributed by atoms with Crippen molar-refractivity contribution in [2.24, 2.45) is 0 Å².